The van der Waals surface area contributed by atoms with E-state index in [0.717, 1.165) is 94.5 Å². The van der Waals surface area contributed by atoms with Crippen LogP contribution in [0.3, 0.4) is 0 Å². The molecule has 1 aliphatic carbocycles. The predicted octanol–water partition coefficient (Wildman–Crippen LogP) is 12.6. The quantitative estimate of drug-likeness (QED) is 0.174. The van der Waals surface area contributed by atoms with Gasteiger partial charge in [0, 0.05) is 49.5 Å². The zero-order chi connectivity index (χ0) is 39.2. The Morgan fingerprint density at radius 3 is 1.81 bits per heavy atom. The largest absolute Gasteiger partial charge is 0.456 e. The number of furan rings is 1. The zero-order valence-corrected chi connectivity index (χ0v) is 32.3. The van der Waals surface area contributed by atoms with Gasteiger partial charge in [-0.1, -0.05) is 141 Å². The van der Waals surface area contributed by atoms with Crippen molar-refractivity contribution in [3.63, 3.8) is 0 Å². The first-order valence-corrected chi connectivity index (χ1v) is 19.8. The van der Waals surface area contributed by atoms with Gasteiger partial charge in [0.1, 0.15) is 16.7 Å². The van der Waals surface area contributed by atoms with Gasteiger partial charge in [0.15, 0.2) is 23.1 Å². The second-order valence-corrected chi connectivity index (χ2v) is 15.7. The van der Waals surface area contributed by atoms with Crippen molar-refractivity contribution in [3.05, 3.63) is 181 Å². The van der Waals surface area contributed by atoms with Crippen LogP contribution in [0.4, 0.5) is 0 Å². The predicted molar refractivity (Wildman–Crippen MR) is 236 cm³/mol. The number of benzene rings is 7. The van der Waals surface area contributed by atoms with Gasteiger partial charge >= 0.3 is 0 Å². The molecule has 11 aromatic rings. The Kier molecular flexibility index (Phi) is 7.14. The van der Waals surface area contributed by atoms with Gasteiger partial charge in [0.25, 0.3) is 0 Å². The van der Waals surface area contributed by atoms with E-state index in [1.807, 2.05) is 78.9 Å². The summed E-state index contributed by atoms with van der Waals surface area (Å²) in [5.74, 6) is 1.81. The molecule has 7 aromatic carbocycles. The van der Waals surface area contributed by atoms with E-state index in [9.17, 15) is 0 Å². The Hall–Kier alpha value is -7.77. The van der Waals surface area contributed by atoms with Crippen molar-refractivity contribution in [3.8, 4) is 62.2 Å². The van der Waals surface area contributed by atoms with Crippen LogP contribution in [0.2, 0.25) is 0 Å². The lowest BCUT2D eigenvalue weighted by Gasteiger charge is -2.19. The number of para-hydroxylation sites is 1. The molecule has 7 heteroatoms. The molecule has 59 heavy (non-hydrogen) atoms. The summed E-state index contributed by atoms with van der Waals surface area (Å²) in [4.78, 5) is 26.0. The summed E-state index contributed by atoms with van der Waals surface area (Å²) in [6.45, 7) is 4.50. The van der Waals surface area contributed by atoms with Gasteiger partial charge < -0.3 is 4.42 Å². The molecule has 1 aliphatic rings. The smallest absolute Gasteiger partial charge is 0.164 e. The van der Waals surface area contributed by atoms with Gasteiger partial charge in [0.05, 0.1) is 16.9 Å². The first-order chi connectivity index (χ1) is 29.0. The summed E-state index contributed by atoms with van der Waals surface area (Å²) in [6, 6.07) is 58.3. The van der Waals surface area contributed by atoms with Gasteiger partial charge in [-0.2, -0.15) is 0 Å². The fourth-order valence-corrected chi connectivity index (χ4v) is 8.92. The molecule has 0 atom stereocenters. The van der Waals surface area contributed by atoms with E-state index in [1.54, 1.807) is 0 Å². The monoisotopic (exact) mass is 758 g/mol. The van der Waals surface area contributed by atoms with Crippen LogP contribution < -0.4 is 0 Å². The fourth-order valence-electron chi connectivity index (χ4n) is 8.92. The maximum absolute atomic E-state index is 6.51. The van der Waals surface area contributed by atoms with Crippen LogP contribution in [0.1, 0.15) is 25.1 Å². The number of fused-ring (bicyclic) bond motifs is 9. The SMILES string of the molecule is CC1(C)c2ccccc2-c2nc3c4cc(-c5ccc6oc7cccc(-c8nc(-c9ccccc9)nc(-c9ccccc9)n8)c7c6c5)ccc4n(-c4ccccc4)c3nc21. The highest BCUT2D eigenvalue weighted by atomic mass is 16.3. The number of aromatic nitrogens is 6. The van der Waals surface area contributed by atoms with Gasteiger partial charge in [-0.3, -0.25) is 4.57 Å². The lowest BCUT2D eigenvalue weighted by Crippen LogP contribution is -2.17. The summed E-state index contributed by atoms with van der Waals surface area (Å²) in [5.41, 5.74) is 14.3. The molecule has 4 heterocycles. The van der Waals surface area contributed by atoms with Crippen molar-refractivity contribution in [1.82, 2.24) is 29.5 Å². The molecule has 12 rings (SSSR count). The molecule has 0 aliphatic heterocycles. The summed E-state index contributed by atoms with van der Waals surface area (Å²) in [6.07, 6.45) is 0. The number of hydrogen-bond donors (Lipinski definition) is 0. The van der Waals surface area contributed by atoms with Crippen LogP contribution in [-0.4, -0.2) is 29.5 Å². The molecule has 0 saturated carbocycles. The van der Waals surface area contributed by atoms with E-state index in [2.05, 4.69) is 109 Å². The molecule has 0 unspecified atom stereocenters. The molecule has 0 radical (unpaired) electrons. The minimum atomic E-state index is -0.272. The molecule has 278 valence electrons. The molecule has 7 nitrogen and oxygen atoms in total. The average Bonchev–Trinajstić information content (AvgIpc) is 3.91. The van der Waals surface area contributed by atoms with E-state index in [4.69, 9.17) is 29.3 Å². The molecule has 0 bridgehead atoms. The Labute approximate surface area is 339 Å². The molecular formula is C52H34N6O. The van der Waals surface area contributed by atoms with Crippen molar-refractivity contribution in [1.29, 1.82) is 0 Å². The van der Waals surface area contributed by atoms with Crippen molar-refractivity contribution >= 4 is 44.0 Å². The summed E-state index contributed by atoms with van der Waals surface area (Å²) in [5, 5.41) is 2.99. The number of rotatable bonds is 5. The molecule has 0 spiro atoms. The van der Waals surface area contributed by atoms with Crippen LogP contribution in [0.15, 0.2) is 174 Å². The van der Waals surface area contributed by atoms with Crippen molar-refractivity contribution in [2.75, 3.05) is 0 Å². The van der Waals surface area contributed by atoms with Crippen LogP contribution in [0.25, 0.3) is 106 Å². The summed E-state index contributed by atoms with van der Waals surface area (Å²) >= 11 is 0. The second-order valence-electron chi connectivity index (χ2n) is 15.7. The molecule has 0 saturated heterocycles. The lowest BCUT2D eigenvalue weighted by molar-refractivity contribution is 0.637. The zero-order valence-electron chi connectivity index (χ0n) is 32.3. The normalized spacial score (nSPS) is 13.1. The van der Waals surface area contributed by atoms with Crippen LogP contribution in [0, 0.1) is 0 Å². The minimum absolute atomic E-state index is 0.272. The average molecular weight is 759 g/mol. The highest BCUT2D eigenvalue weighted by Gasteiger charge is 2.39. The van der Waals surface area contributed by atoms with Gasteiger partial charge in [-0.15, -0.1) is 0 Å². The molecule has 0 fully saturated rings. The molecule has 4 aromatic heterocycles. The van der Waals surface area contributed by atoms with Crippen LogP contribution >= 0.6 is 0 Å². The van der Waals surface area contributed by atoms with E-state index in [1.165, 1.54) is 5.56 Å². The first kappa shape index (κ1) is 33.4. The molecular weight excluding hydrogens is 725 g/mol. The molecule has 0 N–H and O–H groups in total. The number of nitrogens with zero attached hydrogens (tertiary/aromatic N) is 6. The van der Waals surface area contributed by atoms with E-state index < -0.39 is 0 Å². The third-order valence-electron chi connectivity index (χ3n) is 11.8. The highest BCUT2D eigenvalue weighted by molar-refractivity contribution is 6.13. The van der Waals surface area contributed by atoms with Crippen molar-refractivity contribution in [2.45, 2.75) is 19.3 Å². The Bertz CT molecular complexity index is 3400. The van der Waals surface area contributed by atoms with Gasteiger partial charge in [-0.05, 0) is 59.2 Å². The Balaban J connectivity index is 1.06. The van der Waals surface area contributed by atoms with E-state index >= 15 is 0 Å². The standard InChI is InChI=1S/C52H34N6O/c1-52(2)40-23-13-12-21-36(40)45-47(52)54-51-46(53-45)38-29-33(25-27-41(38)58(51)35-19-10-5-11-20-35)34-26-28-42-39(30-34)44-37(22-14-24-43(44)59-42)50-56-48(31-15-6-3-7-16-31)55-49(57-50)32-17-8-4-9-18-32/h3-30H,1-2H3. The van der Waals surface area contributed by atoms with Crippen molar-refractivity contribution < 1.29 is 4.42 Å². The topological polar surface area (TPSA) is 82.5 Å². The fraction of sp³-hybridized carbons (Fsp3) is 0.0577. The lowest BCUT2D eigenvalue weighted by atomic mass is 9.85. The Morgan fingerprint density at radius 1 is 0.475 bits per heavy atom. The van der Waals surface area contributed by atoms with Crippen LogP contribution in [-0.2, 0) is 5.41 Å². The molecule has 0 amide bonds. The Morgan fingerprint density at radius 2 is 1.08 bits per heavy atom. The van der Waals surface area contributed by atoms with Gasteiger partial charge in [0.2, 0.25) is 0 Å². The maximum atomic E-state index is 6.51. The minimum Gasteiger partial charge on any atom is -0.456 e. The number of hydrogen-bond acceptors (Lipinski definition) is 6. The second kappa shape index (κ2) is 12.6. The third-order valence-corrected chi connectivity index (χ3v) is 11.8. The highest BCUT2D eigenvalue weighted by Crippen LogP contribution is 2.48. The van der Waals surface area contributed by atoms with Gasteiger partial charge in [-0.25, -0.2) is 24.9 Å². The van der Waals surface area contributed by atoms with E-state index in [0.29, 0.717) is 17.5 Å². The maximum Gasteiger partial charge on any atom is 0.164 e. The third kappa shape index (κ3) is 5.11. The van der Waals surface area contributed by atoms with Crippen molar-refractivity contribution in [2.24, 2.45) is 0 Å². The summed E-state index contributed by atoms with van der Waals surface area (Å²) < 4.78 is 8.76. The summed E-state index contributed by atoms with van der Waals surface area (Å²) in [7, 11) is 0. The van der Waals surface area contributed by atoms with E-state index in [-0.39, 0.29) is 5.41 Å². The first-order valence-electron chi connectivity index (χ1n) is 19.8. The van der Waals surface area contributed by atoms with Crippen LogP contribution in [0.5, 0.6) is 0 Å².